The third-order valence-corrected chi connectivity index (χ3v) is 6.54. The lowest BCUT2D eigenvalue weighted by Crippen LogP contribution is -2.47. The second kappa shape index (κ2) is 8.60. The Morgan fingerprint density at radius 3 is 2.50 bits per heavy atom. The van der Waals surface area contributed by atoms with Crippen LogP contribution < -0.4 is 10.2 Å². The van der Waals surface area contributed by atoms with Crippen molar-refractivity contribution in [2.45, 2.75) is 44.7 Å². The van der Waals surface area contributed by atoms with Crippen LogP contribution in [0.4, 0.5) is 11.8 Å². The Bertz CT molecular complexity index is 970. The normalized spacial score (nSPS) is 18.8. The van der Waals surface area contributed by atoms with Crippen molar-refractivity contribution in [1.82, 2.24) is 24.6 Å². The van der Waals surface area contributed by atoms with Crippen molar-refractivity contribution >= 4 is 22.8 Å². The zero-order valence-corrected chi connectivity index (χ0v) is 17.8. The summed E-state index contributed by atoms with van der Waals surface area (Å²) >= 11 is 0. The molecular formula is C23H31N7. The van der Waals surface area contributed by atoms with E-state index >= 15 is 0 Å². The van der Waals surface area contributed by atoms with Crippen molar-refractivity contribution in [3.63, 3.8) is 0 Å². The summed E-state index contributed by atoms with van der Waals surface area (Å²) in [5.74, 6) is 1.68. The van der Waals surface area contributed by atoms with E-state index in [0.29, 0.717) is 0 Å². The summed E-state index contributed by atoms with van der Waals surface area (Å²) in [5.41, 5.74) is 2.12. The fourth-order valence-electron chi connectivity index (χ4n) is 4.78. The van der Waals surface area contributed by atoms with Crippen molar-refractivity contribution in [3.8, 4) is 0 Å². The van der Waals surface area contributed by atoms with Gasteiger partial charge in [-0.15, -0.1) is 0 Å². The molecule has 30 heavy (non-hydrogen) atoms. The molecule has 2 saturated heterocycles. The fraction of sp³-hybridized carbons (Fsp3) is 0.522. The maximum absolute atomic E-state index is 4.93. The van der Waals surface area contributed by atoms with Gasteiger partial charge in [0.2, 0.25) is 5.95 Å². The summed E-state index contributed by atoms with van der Waals surface area (Å²) in [7, 11) is 1.95. The largest absolute Gasteiger partial charge is 0.365 e. The molecule has 0 bridgehead atoms. The van der Waals surface area contributed by atoms with Crippen molar-refractivity contribution in [2.75, 3.05) is 36.4 Å². The average Bonchev–Trinajstić information content (AvgIpc) is 3.20. The number of hydrogen-bond donors (Lipinski definition) is 1. The Labute approximate surface area is 178 Å². The lowest BCUT2D eigenvalue weighted by Gasteiger charge is -2.40. The van der Waals surface area contributed by atoms with Crippen LogP contribution in [0.3, 0.4) is 0 Å². The number of aromatic nitrogens is 4. The molecule has 1 aromatic carbocycles. The van der Waals surface area contributed by atoms with Gasteiger partial charge in [0.15, 0.2) is 5.65 Å². The van der Waals surface area contributed by atoms with E-state index in [9.17, 15) is 0 Å². The first-order valence-electron chi connectivity index (χ1n) is 11.2. The zero-order valence-electron chi connectivity index (χ0n) is 17.8. The second-order valence-corrected chi connectivity index (χ2v) is 8.53. The van der Waals surface area contributed by atoms with E-state index in [-0.39, 0.29) is 0 Å². The third-order valence-electron chi connectivity index (χ3n) is 6.54. The second-order valence-electron chi connectivity index (χ2n) is 8.53. The highest BCUT2D eigenvalue weighted by molar-refractivity contribution is 5.87. The molecule has 0 atom stereocenters. The number of nitrogens with one attached hydrogen (secondary N) is 1. The van der Waals surface area contributed by atoms with Gasteiger partial charge in [0.1, 0.15) is 5.82 Å². The molecule has 0 spiro atoms. The van der Waals surface area contributed by atoms with Crippen LogP contribution in [0.25, 0.3) is 11.0 Å². The first kappa shape index (κ1) is 19.3. The number of likely N-dealkylation sites (tertiary alicyclic amines) is 1. The first-order valence-corrected chi connectivity index (χ1v) is 11.2. The summed E-state index contributed by atoms with van der Waals surface area (Å²) in [6, 6.07) is 11.1. The van der Waals surface area contributed by atoms with Gasteiger partial charge in [0.25, 0.3) is 0 Å². The van der Waals surface area contributed by atoms with Crippen LogP contribution in [0.2, 0.25) is 0 Å². The summed E-state index contributed by atoms with van der Waals surface area (Å²) < 4.78 is 1.84. The van der Waals surface area contributed by atoms with Crippen LogP contribution in [0.1, 0.15) is 37.7 Å². The van der Waals surface area contributed by atoms with E-state index in [0.717, 1.165) is 48.5 Å². The Morgan fingerprint density at radius 1 is 0.967 bits per heavy atom. The van der Waals surface area contributed by atoms with Gasteiger partial charge in [-0.05, 0) is 44.3 Å². The zero-order chi connectivity index (χ0) is 20.3. The number of anilines is 2. The van der Waals surface area contributed by atoms with Crippen molar-refractivity contribution < 1.29 is 0 Å². The molecule has 158 valence electrons. The minimum Gasteiger partial charge on any atom is -0.365 e. The third kappa shape index (κ3) is 3.99. The van der Waals surface area contributed by atoms with Gasteiger partial charge in [-0.25, -0.2) is 0 Å². The van der Waals surface area contributed by atoms with Gasteiger partial charge >= 0.3 is 0 Å². The van der Waals surface area contributed by atoms with Gasteiger partial charge < -0.3 is 15.1 Å². The molecule has 0 saturated carbocycles. The van der Waals surface area contributed by atoms with E-state index in [4.69, 9.17) is 9.97 Å². The van der Waals surface area contributed by atoms with Crippen LogP contribution in [-0.4, -0.2) is 56.9 Å². The van der Waals surface area contributed by atoms with Crippen LogP contribution in [0.5, 0.6) is 0 Å². The van der Waals surface area contributed by atoms with E-state index in [1.165, 1.54) is 50.8 Å². The predicted molar refractivity (Wildman–Crippen MR) is 121 cm³/mol. The number of benzene rings is 1. The Morgan fingerprint density at radius 2 is 1.73 bits per heavy atom. The predicted octanol–water partition coefficient (Wildman–Crippen LogP) is 3.43. The minimum atomic E-state index is 0.720. The average molecular weight is 406 g/mol. The topological polar surface area (TPSA) is 62.1 Å². The highest BCUT2D eigenvalue weighted by Gasteiger charge is 2.27. The molecule has 0 radical (unpaired) electrons. The fourth-order valence-corrected chi connectivity index (χ4v) is 4.78. The molecule has 2 aliphatic rings. The van der Waals surface area contributed by atoms with Gasteiger partial charge in [-0.1, -0.05) is 36.8 Å². The summed E-state index contributed by atoms with van der Waals surface area (Å²) in [4.78, 5) is 14.9. The number of nitrogens with zero attached hydrogens (tertiary/aromatic N) is 6. The first-order chi connectivity index (χ1) is 14.8. The molecule has 0 unspecified atom stereocenters. The van der Waals surface area contributed by atoms with Crippen LogP contribution in [0.15, 0.2) is 36.5 Å². The molecule has 0 amide bonds. The van der Waals surface area contributed by atoms with Crippen LogP contribution in [0, 0.1) is 0 Å². The molecule has 4 heterocycles. The summed E-state index contributed by atoms with van der Waals surface area (Å²) in [6.07, 6.45) is 8.36. The smallest absolute Gasteiger partial charge is 0.229 e. The molecule has 2 aliphatic heterocycles. The molecule has 2 aromatic heterocycles. The molecule has 7 nitrogen and oxygen atoms in total. The van der Waals surface area contributed by atoms with Crippen molar-refractivity contribution in [1.29, 1.82) is 0 Å². The number of piperidine rings is 2. The number of aryl methyl sites for hydroxylation is 1. The maximum Gasteiger partial charge on any atom is 0.229 e. The molecule has 1 N–H and O–H groups in total. The van der Waals surface area contributed by atoms with Crippen LogP contribution >= 0.6 is 0 Å². The molecule has 5 rings (SSSR count). The molecular weight excluding hydrogens is 374 g/mol. The molecule has 0 aliphatic carbocycles. The van der Waals surface area contributed by atoms with Crippen molar-refractivity contribution in [2.24, 2.45) is 7.05 Å². The van der Waals surface area contributed by atoms with E-state index in [1.807, 2.05) is 24.0 Å². The number of fused-ring (bicyclic) bond motifs is 1. The van der Waals surface area contributed by atoms with Crippen LogP contribution in [-0.2, 0) is 13.6 Å². The Kier molecular flexibility index (Phi) is 5.53. The molecule has 2 fully saturated rings. The lowest BCUT2D eigenvalue weighted by atomic mass is 10.0. The van der Waals surface area contributed by atoms with E-state index in [2.05, 4.69) is 44.5 Å². The van der Waals surface area contributed by atoms with Gasteiger partial charge in [-0.2, -0.15) is 15.1 Å². The van der Waals surface area contributed by atoms with Gasteiger partial charge in [0.05, 0.1) is 11.6 Å². The van der Waals surface area contributed by atoms with Crippen molar-refractivity contribution in [3.05, 3.63) is 42.1 Å². The Hall–Kier alpha value is -2.67. The number of hydrogen-bond acceptors (Lipinski definition) is 6. The number of rotatable bonds is 5. The molecule has 7 heteroatoms. The standard InChI is InChI=1S/C23H31N7/c1-28-22-20(17-25-28)21(24-16-18-8-4-2-5-9-18)26-23(27-22)30-14-10-19(11-15-30)29-12-6-3-7-13-29/h2,4-5,8-9,17,19H,3,6-7,10-16H2,1H3,(H,24,26,27). The SMILES string of the molecule is Cn1ncc2c(NCc3ccccc3)nc(N3CCC(N4CCCCC4)CC3)nc21. The monoisotopic (exact) mass is 405 g/mol. The van der Waals surface area contributed by atoms with E-state index in [1.54, 1.807) is 0 Å². The maximum atomic E-state index is 4.93. The van der Waals surface area contributed by atoms with Gasteiger partial charge in [-0.3, -0.25) is 4.68 Å². The van der Waals surface area contributed by atoms with E-state index < -0.39 is 0 Å². The highest BCUT2D eigenvalue weighted by Crippen LogP contribution is 2.27. The summed E-state index contributed by atoms with van der Waals surface area (Å²) in [6.45, 7) is 5.31. The quantitative estimate of drug-likeness (QED) is 0.702. The Balaban J connectivity index is 1.33. The summed E-state index contributed by atoms with van der Waals surface area (Å²) in [5, 5.41) is 8.91. The van der Waals surface area contributed by atoms with Gasteiger partial charge in [0, 0.05) is 32.7 Å². The minimum absolute atomic E-state index is 0.720. The lowest BCUT2D eigenvalue weighted by molar-refractivity contribution is 0.141. The molecule has 3 aromatic rings. The highest BCUT2D eigenvalue weighted by atomic mass is 15.3.